The van der Waals surface area contributed by atoms with E-state index in [1.165, 1.54) is 12.1 Å². The number of nitrogens with zero attached hydrogens (tertiary/aromatic N) is 1. The van der Waals surface area contributed by atoms with Crippen LogP contribution in [0, 0.1) is 12.7 Å². The molecule has 4 rings (SSSR count). The third kappa shape index (κ3) is 4.45. The second-order valence-electron chi connectivity index (χ2n) is 8.27. The van der Waals surface area contributed by atoms with E-state index in [0.29, 0.717) is 18.7 Å². The van der Waals surface area contributed by atoms with Gasteiger partial charge in [0.25, 0.3) is 5.91 Å². The van der Waals surface area contributed by atoms with Gasteiger partial charge in [0.15, 0.2) is 0 Å². The standard InChI is InChI=1S/C25H27FN2O2/c1-17-5-4-6-19(13-17)15-27-24(29)14-22-21-7-2-3-8-23(21)28(25(22)30)16-18-9-11-20(26)12-10-18/h4-6,9-13,23H,2-3,7-8,14-16H2,1H3,(H,27,29). The first-order valence-corrected chi connectivity index (χ1v) is 10.6. The van der Waals surface area contributed by atoms with Crippen LogP contribution in [0.25, 0.3) is 0 Å². The van der Waals surface area contributed by atoms with Gasteiger partial charge in [0.1, 0.15) is 5.82 Å². The van der Waals surface area contributed by atoms with Crippen LogP contribution in [0.1, 0.15) is 48.8 Å². The van der Waals surface area contributed by atoms with Crippen LogP contribution in [-0.2, 0) is 22.7 Å². The van der Waals surface area contributed by atoms with Crippen LogP contribution >= 0.6 is 0 Å². The van der Waals surface area contributed by atoms with E-state index in [0.717, 1.165) is 47.9 Å². The lowest BCUT2D eigenvalue weighted by Gasteiger charge is -2.30. The van der Waals surface area contributed by atoms with Gasteiger partial charge in [-0.15, -0.1) is 0 Å². The van der Waals surface area contributed by atoms with Crippen molar-refractivity contribution in [2.45, 2.75) is 58.2 Å². The zero-order valence-corrected chi connectivity index (χ0v) is 17.3. The number of amides is 2. The fourth-order valence-electron chi connectivity index (χ4n) is 4.55. The largest absolute Gasteiger partial charge is 0.352 e. The normalized spacial score (nSPS) is 18.5. The van der Waals surface area contributed by atoms with Gasteiger partial charge in [-0.05, 0) is 55.0 Å². The first-order valence-electron chi connectivity index (χ1n) is 10.6. The predicted octanol–water partition coefficient (Wildman–Crippen LogP) is 4.42. The van der Waals surface area contributed by atoms with Crippen molar-refractivity contribution < 1.29 is 14.0 Å². The number of rotatable bonds is 6. The van der Waals surface area contributed by atoms with Crippen LogP contribution in [0.5, 0.6) is 0 Å². The number of halogens is 1. The minimum absolute atomic E-state index is 0.0491. The quantitative estimate of drug-likeness (QED) is 0.772. The highest BCUT2D eigenvalue weighted by Gasteiger charge is 2.40. The summed E-state index contributed by atoms with van der Waals surface area (Å²) in [6, 6.07) is 14.4. The molecule has 0 bridgehead atoms. The van der Waals surface area contributed by atoms with Gasteiger partial charge < -0.3 is 10.2 Å². The molecule has 1 unspecified atom stereocenters. The first kappa shape index (κ1) is 20.3. The molecule has 2 aliphatic rings. The Morgan fingerprint density at radius 2 is 1.93 bits per heavy atom. The van der Waals surface area contributed by atoms with Crippen molar-refractivity contribution in [3.8, 4) is 0 Å². The molecule has 1 atom stereocenters. The molecule has 1 aliphatic heterocycles. The van der Waals surface area contributed by atoms with Crippen molar-refractivity contribution in [2.24, 2.45) is 0 Å². The molecule has 1 N–H and O–H groups in total. The Balaban J connectivity index is 1.45. The molecule has 1 fully saturated rings. The summed E-state index contributed by atoms with van der Waals surface area (Å²) in [5.41, 5.74) is 4.88. The minimum atomic E-state index is -0.283. The Morgan fingerprint density at radius 3 is 2.70 bits per heavy atom. The number of aryl methyl sites for hydroxylation is 1. The Labute approximate surface area is 176 Å². The number of hydrogen-bond acceptors (Lipinski definition) is 2. The van der Waals surface area contributed by atoms with Crippen LogP contribution < -0.4 is 5.32 Å². The van der Waals surface area contributed by atoms with E-state index < -0.39 is 0 Å². The topological polar surface area (TPSA) is 49.4 Å². The number of carbonyl (C=O) groups excluding carboxylic acids is 2. The molecular formula is C25H27FN2O2. The minimum Gasteiger partial charge on any atom is -0.352 e. The first-order chi connectivity index (χ1) is 14.5. The summed E-state index contributed by atoms with van der Waals surface area (Å²) in [5.74, 6) is -0.457. The van der Waals surface area contributed by atoms with Crippen molar-refractivity contribution in [2.75, 3.05) is 0 Å². The maximum atomic E-state index is 13.2. The summed E-state index contributed by atoms with van der Waals surface area (Å²) >= 11 is 0. The number of fused-ring (bicyclic) bond motifs is 1. The zero-order valence-electron chi connectivity index (χ0n) is 17.3. The van der Waals surface area contributed by atoms with Crippen molar-refractivity contribution in [3.63, 3.8) is 0 Å². The lowest BCUT2D eigenvalue weighted by Crippen LogP contribution is -2.36. The van der Waals surface area contributed by atoms with E-state index in [1.807, 2.05) is 36.1 Å². The van der Waals surface area contributed by atoms with Crippen molar-refractivity contribution in [1.82, 2.24) is 10.2 Å². The van der Waals surface area contributed by atoms with Crippen molar-refractivity contribution in [1.29, 1.82) is 0 Å². The Hall–Kier alpha value is -2.95. The molecule has 2 aromatic carbocycles. The summed E-state index contributed by atoms with van der Waals surface area (Å²) < 4.78 is 13.2. The second kappa shape index (κ2) is 8.82. The molecule has 1 aliphatic carbocycles. The molecule has 2 aromatic rings. The third-order valence-electron chi connectivity index (χ3n) is 6.03. The molecule has 0 radical (unpaired) electrons. The lowest BCUT2D eigenvalue weighted by molar-refractivity contribution is -0.129. The van der Waals surface area contributed by atoms with E-state index in [2.05, 4.69) is 5.32 Å². The van der Waals surface area contributed by atoms with E-state index in [1.54, 1.807) is 12.1 Å². The summed E-state index contributed by atoms with van der Waals surface area (Å²) in [4.78, 5) is 27.7. The number of nitrogens with one attached hydrogen (secondary N) is 1. The Kier molecular flexibility index (Phi) is 5.98. The fourth-order valence-corrected chi connectivity index (χ4v) is 4.55. The SMILES string of the molecule is Cc1cccc(CNC(=O)CC2=C3CCCCC3N(Cc3ccc(F)cc3)C2=O)c1. The lowest BCUT2D eigenvalue weighted by atomic mass is 9.88. The van der Waals surface area contributed by atoms with Gasteiger partial charge in [-0.2, -0.15) is 0 Å². The maximum Gasteiger partial charge on any atom is 0.251 e. The molecule has 4 nitrogen and oxygen atoms in total. The summed E-state index contributed by atoms with van der Waals surface area (Å²) in [6.07, 6.45) is 4.05. The molecule has 0 aromatic heterocycles. The zero-order chi connectivity index (χ0) is 21.1. The Morgan fingerprint density at radius 1 is 1.13 bits per heavy atom. The van der Waals surface area contributed by atoms with Gasteiger partial charge >= 0.3 is 0 Å². The van der Waals surface area contributed by atoms with E-state index in [4.69, 9.17) is 0 Å². The van der Waals surface area contributed by atoms with Crippen LogP contribution in [0.4, 0.5) is 4.39 Å². The molecule has 30 heavy (non-hydrogen) atoms. The summed E-state index contributed by atoms with van der Waals surface area (Å²) in [6.45, 7) is 2.93. The monoisotopic (exact) mass is 406 g/mol. The van der Waals surface area contributed by atoms with Crippen LogP contribution in [0.2, 0.25) is 0 Å². The number of benzene rings is 2. The molecule has 5 heteroatoms. The fraction of sp³-hybridized carbons (Fsp3) is 0.360. The molecule has 0 saturated heterocycles. The van der Waals surface area contributed by atoms with Crippen LogP contribution in [0.3, 0.4) is 0 Å². The van der Waals surface area contributed by atoms with Gasteiger partial charge in [-0.25, -0.2) is 4.39 Å². The molecule has 156 valence electrons. The van der Waals surface area contributed by atoms with Crippen molar-refractivity contribution >= 4 is 11.8 Å². The predicted molar refractivity (Wildman–Crippen MR) is 114 cm³/mol. The molecule has 1 saturated carbocycles. The highest BCUT2D eigenvalue weighted by atomic mass is 19.1. The molecule has 1 heterocycles. The third-order valence-corrected chi connectivity index (χ3v) is 6.03. The average Bonchev–Trinajstić information content (AvgIpc) is 3.00. The van der Waals surface area contributed by atoms with E-state index in [9.17, 15) is 14.0 Å². The smallest absolute Gasteiger partial charge is 0.251 e. The van der Waals surface area contributed by atoms with E-state index in [-0.39, 0.29) is 30.1 Å². The summed E-state index contributed by atoms with van der Waals surface area (Å²) in [7, 11) is 0. The highest BCUT2D eigenvalue weighted by molar-refractivity contribution is 6.02. The number of carbonyl (C=O) groups is 2. The maximum absolute atomic E-state index is 13.2. The molecule has 0 spiro atoms. The van der Waals surface area contributed by atoms with Gasteiger partial charge in [0, 0.05) is 18.7 Å². The highest BCUT2D eigenvalue weighted by Crippen LogP contribution is 2.38. The van der Waals surface area contributed by atoms with Gasteiger partial charge in [-0.3, -0.25) is 9.59 Å². The Bertz CT molecular complexity index is 981. The van der Waals surface area contributed by atoms with Crippen LogP contribution in [0.15, 0.2) is 59.7 Å². The van der Waals surface area contributed by atoms with Gasteiger partial charge in [-0.1, -0.05) is 48.4 Å². The summed E-state index contributed by atoms with van der Waals surface area (Å²) in [5, 5.41) is 2.95. The second-order valence-corrected chi connectivity index (χ2v) is 8.27. The van der Waals surface area contributed by atoms with Crippen LogP contribution in [-0.4, -0.2) is 22.8 Å². The van der Waals surface area contributed by atoms with Gasteiger partial charge in [0.05, 0.1) is 12.5 Å². The molecule has 2 amide bonds. The van der Waals surface area contributed by atoms with E-state index >= 15 is 0 Å². The van der Waals surface area contributed by atoms with Crippen molar-refractivity contribution in [3.05, 3.63) is 82.2 Å². The molecular weight excluding hydrogens is 379 g/mol. The number of hydrogen-bond donors (Lipinski definition) is 1. The van der Waals surface area contributed by atoms with Gasteiger partial charge in [0.2, 0.25) is 5.91 Å². The average molecular weight is 407 g/mol.